The number of hydrogen-bond acceptors (Lipinski definition) is 1. The molecule has 1 aromatic rings. The van der Waals surface area contributed by atoms with E-state index in [-0.39, 0.29) is 5.41 Å². The molecule has 1 saturated carbocycles. The number of nitrogens with zero attached hydrogens (tertiary/aromatic N) is 1. The smallest absolute Gasteiger partial charge is 0.0101 e. The van der Waals surface area contributed by atoms with E-state index >= 15 is 0 Å². The van der Waals surface area contributed by atoms with Crippen molar-refractivity contribution in [3.05, 3.63) is 35.4 Å². The highest BCUT2D eigenvalue weighted by Gasteiger charge is 2.31. The number of hydrogen-bond donors (Lipinski definition) is 0. The van der Waals surface area contributed by atoms with Crippen LogP contribution in [0.1, 0.15) is 83.8 Å². The van der Waals surface area contributed by atoms with E-state index in [9.17, 15) is 0 Å². The molecule has 0 aromatic heterocycles. The number of likely N-dealkylation sites (tertiary alicyclic amines) is 1. The van der Waals surface area contributed by atoms with Crippen LogP contribution in [0.5, 0.6) is 0 Å². The normalized spacial score (nSPS) is 32.7. The molecule has 2 aliphatic rings. The first-order valence-electron chi connectivity index (χ1n) is 10.2. The Morgan fingerprint density at radius 3 is 2.08 bits per heavy atom. The molecule has 0 unspecified atom stereocenters. The highest BCUT2D eigenvalue weighted by Crippen LogP contribution is 2.37. The van der Waals surface area contributed by atoms with E-state index in [4.69, 9.17) is 0 Å². The van der Waals surface area contributed by atoms with Crippen molar-refractivity contribution >= 4 is 0 Å². The molecular formula is C23H37N. The maximum Gasteiger partial charge on any atom is 0.0101 e. The van der Waals surface area contributed by atoms with E-state index < -0.39 is 0 Å². The van der Waals surface area contributed by atoms with Crippen LogP contribution in [0.15, 0.2) is 24.3 Å². The molecule has 24 heavy (non-hydrogen) atoms. The molecule has 1 saturated heterocycles. The van der Waals surface area contributed by atoms with Gasteiger partial charge in [0, 0.05) is 19.1 Å². The lowest BCUT2D eigenvalue weighted by Gasteiger charge is -2.43. The Labute approximate surface area is 149 Å². The third-order valence-corrected chi connectivity index (χ3v) is 6.31. The van der Waals surface area contributed by atoms with Crippen molar-refractivity contribution < 1.29 is 0 Å². The molecule has 1 heterocycles. The highest BCUT2D eigenvalue weighted by atomic mass is 15.2. The van der Waals surface area contributed by atoms with E-state index in [2.05, 4.69) is 63.8 Å². The maximum atomic E-state index is 2.83. The average Bonchev–Trinajstić information content (AvgIpc) is 2.53. The molecule has 0 N–H and O–H groups in total. The Morgan fingerprint density at radius 2 is 1.50 bits per heavy atom. The van der Waals surface area contributed by atoms with Gasteiger partial charge in [0.2, 0.25) is 0 Å². The van der Waals surface area contributed by atoms with Crippen LogP contribution in [0.25, 0.3) is 0 Å². The molecule has 1 heteroatoms. The maximum absolute atomic E-state index is 2.83. The largest absolute Gasteiger partial charge is 0.300 e. The van der Waals surface area contributed by atoms with Gasteiger partial charge in [-0.15, -0.1) is 0 Å². The lowest BCUT2D eigenvalue weighted by Crippen LogP contribution is -2.46. The Morgan fingerprint density at radius 1 is 0.875 bits per heavy atom. The summed E-state index contributed by atoms with van der Waals surface area (Å²) in [6.07, 6.45) is 6.98. The summed E-state index contributed by atoms with van der Waals surface area (Å²) in [4.78, 5) is 2.83. The van der Waals surface area contributed by atoms with Crippen LogP contribution in [0, 0.1) is 11.8 Å². The zero-order chi connectivity index (χ0) is 17.3. The zero-order valence-electron chi connectivity index (χ0n) is 16.5. The summed E-state index contributed by atoms with van der Waals surface area (Å²) in [6.45, 7) is 14.4. The third kappa shape index (κ3) is 4.23. The van der Waals surface area contributed by atoms with Gasteiger partial charge in [0.25, 0.3) is 0 Å². The van der Waals surface area contributed by atoms with Gasteiger partial charge >= 0.3 is 0 Å². The van der Waals surface area contributed by atoms with Crippen molar-refractivity contribution in [2.45, 2.75) is 84.1 Å². The van der Waals surface area contributed by atoms with Crippen molar-refractivity contribution in [1.82, 2.24) is 4.90 Å². The molecule has 0 amide bonds. The molecular weight excluding hydrogens is 290 g/mol. The molecule has 1 nitrogen and oxygen atoms in total. The quantitative estimate of drug-likeness (QED) is 0.645. The van der Waals surface area contributed by atoms with Crippen molar-refractivity contribution in [2.75, 3.05) is 13.1 Å². The van der Waals surface area contributed by atoms with E-state index in [1.54, 1.807) is 5.56 Å². The molecule has 1 aromatic carbocycles. The van der Waals surface area contributed by atoms with Gasteiger partial charge in [0.1, 0.15) is 0 Å². The summed E-state index contributed by atoms with van der Waals surface area (Å²) in [6, 6.07) is 10.4. The second kappa shape index (κ2) is 7.20. The molecule has 0 bridgehead atoms. The number of piperidine rings is 1. The predicted octanol–water partition coefficient (Wildman–Crippen LogP) is 5.99. The van der Waals surface area contributed by atoms with E-state index in [0.29, 0.717) is 0 Å². The lowest BCUT2D eigenvalue weighted by molar-refractivity contribution is 0.0711. The minimum atomic E-state index is 0.258. The monoisotopic (exact) mass is 327 g/mol. The van der Waals surface area contributed by atoms with Gasteiger partial charge in [-0.2, -0.15) is 0 Å². The second-order valence-electron chi connectivity index (χ2n) is 9.79. The molecule has 3 rings (SSSR count). The van der Waals surface area contributed by atoms with Crippen LogP contribution in [-0.4, -0.2) is 24.0 Å². The van der Waals surface area contributed by atoms with Crippen LogP contribution >= 0.6 is 0 Å². The van der Waals surface area contributed by atoms with Gasteiger partial charge in [0.05, 0.1) is 0 Å². The Bertz CT molecular complexity index is 514. The number of benzene rings is 1. The first-order valence-corrected chi connectivity index (χ1v) is 10.2. The predicted molar refractivity (Wildman–Crippen MR) is 105 cm³/mol. The Kier molecular flexibility index (Phi) is 5.39. The SMILES string of the molecule is C[C@@H]1C[C@H](C)CN([C@H]2CCC[C@@H](c3ccc(C(C)(C)C)cc3)C2)C1. The summed E-state index contributed by atoms with van der Waals surface area (Å²) in [5.41, 5.74) is 3.29. The van der Waals surface area contributed by atoms with Gasteiger partial charge in [-0.3, -0.25) is 4.90 Å². The van der Waals surface area contributed by atoms with Gasteiger partial charge in [0.15, 0.2) is 0 Å². The summed E-state index contributed by atoms with van der Waals surface area (Å²) in [7, 11) is 0. The summed E-state index contributed by atoms with van der Waals surface area (Å²) < 4.78 is 0. The summed E-state index contributed by atoms with van der Waals surface area (Å²) in [5.74, 6) is 2.52. The van der Waals surface area contributed by atoms with Crippen LogP contribution in [0.4, 0.5) is 0 Å². The van der Waals surface area contributed by atoms with Crippen LogP contribution < -0.4 is 0 Å². The topological polar surface area (TPSA) is 3.24 Å². The van der Waals surface area contributed by atoms with E-state index in [1.165, 1.54) is 50.8 Å². The third-order valence-electron chi connectivity index (χ3n) is 6.31. The highest BCUT2D eigenvalue weighted by molar-refractivity contribution is 5.30. The molecule has 2 fully saturated rings. The minimum Gasteiger partial charge on any atom is -0.300 e. The molecule has 0 spiro atoms. The van der Waals surface area contributed by atoms with Gasteiger partial charge in [-0.25, -0.2) is 0 Å². The summed E-state index contributed by atoms with van der Waals surface area (Å²) in [5, 5.41) is 0. The second-order valence-corrected chi connectivity index (χ2v) is 9.79. The standard InChI is InChI=1S/C23H37N/c1-17-13-18(2)16-24(15-17)22-8-6-7-20(14-22)19-9-11-21(12-10-19)23(3,4)5/h9-12,17-18,20,22H,6-8,13-16H2,1-5H3/t17-,18+,20-,22+/m1/s1. The molecule has 4 atom stereocenters. The number of rotatable bonds is 2. The van der Waals surface area contributed by atoms with Crippen LogP contribution in [0.3, 0.4) is 0 Å². The first kappa shape index (κ1) is 18.0. The Balaban J connectivity index is 1.67. The fourth-order valence-corrected chi connectivity index (χ4v) is 5.06. The van der Waals surface area contributed by atoms with E-state index in [0.717, 1.165) is 23.8 Å². The fraction of sp³-hybridized carbons (Fsp3) is 0.739. The zero-order valence-corrected chi connectivity index (χ0v) is 16.5. The molecule has 1 aliphatic heterocycles. The van der Waals surface area contributed by atoms with Gasteiger partial charge in [-0.05, 0) is 60.0 Å². The first-order chi connectivity index (χ1) is 11.3. The summed E-state index contributed by atoms with van der Waals surface area (Å²) >= 11 is 0. The van der Waals surface area contributed by atoms with Crippen molar-refractivity contribution in [2.24, 2.45) is 11.8 Å². The average molecular weight is 328 g/mol. The fourth-order valence-electron chi connectivity index (χ4n) is 5.06. The van der Waals surface area contributed by atoms with Crippen LogP contribution in [0.2, 0.25) is 0 Å². The molecule has 0 radical (unpaired) electrons. The lowest BCUT2D eigenvalue weighted by atomic mass is 9.78. The van der Waals surface area contributed by atoms with Crippen molar-refractivity contribution in [3.63, 3.8) is 0 Å². The van der Waals surface area contributed by atoms with Gasteiger partial charge < -0.3 is 0 Å². The van der Waals surface area contributed by atoms with Gasteiger partial charge in [-0.1, -0.05) is 65.3 Å². The minimum absolute atomic E-state index is 0.258. The molecule has 1 aliphatic carbocycles. The van der Waals surface area contributed by atoms with Crippen molar-refractivity contribution in [1.29, 1.82) is 0 Å². The van der Waals surface area contributed by atoms with E-state index in [1.807, 2.05) is 0 Å². The van der Waals surface area contributed by atoms with Crippen molar-refractivity contribution in [3.8, 4) is 0 Å². The van der Waals surface area contributed by atoms with Crippen LogP contribution in [-0.2, 0) is 5.41 Å². The molecule has 134 valence electrons. The Hall–Kier alpha value is -0.820.